The molecule has 4 fully saturated rings. The van der Waals surface area contributed by atoms with Gasteiger partial charge in [0.25, 0.3) is 0 Å². The third-order valence-electron chi connectivity index (χ3n) is 2.67. The summed E-state index contributed by atoms with van der Waals surface area (Å²) in [4.78, 5) is 0. The molecule has 180 valence electrons. The van der Waals surface area contributed by atoms with Crippen LogP contribution in [0.3, 0.4) is 0 Å². The Balaban J connectivity index is -0.000000134. The second-order valence-corrected chi connectivity index (χ2v) is 5.30. The standard InChI is InChI=1S/4C5H5.2C3H8O.2Yb/c4*1-2-4-5-3-1;2*1-2-3-4;;/h4*1-5H;2*4H,2-3H2,1H3;;. The van der Waals surface area contributed by atoms with E-state index in [0.29, 0.717) is 13.2 Å². The van der Waals surface area contributed by atoms with E-state index < -0.39 is 0 Å². The number of aliphatic hydroxyl groups is 2. The van der Waals surface area contributed by atoms with Crippen LogP contribution in [0, 0.1) is 222 Å². The van der Waals surface area contributed by atoms with Gasteiger partial charge in [0.2, 0.25) is 0 Å². The monoisotopic (exact) mass is 728 g/mol. The zero-order valence-electron chi connectivity index (χ0n) is 17.8. The molecule has 2 N–H and O–H groups in total. The molecule has 0 saturated heterocycles. The minimum Gasteiger partial charge on any atom is -0.396 e. The Bertz CT molecular complexity index is 147. The van der Waals surface area contributed by atoms with E-state index in [-0.39, 0.29) is 93.8 Å². The van der Waals surface area contributed by atoms with E-state index in [9.17, 15) is 0 Å². The first-order valence-electron chi connectivity index (χ1n) is 9.71. The first-order chi connectivity index (χ1) is 13.8. The Morgan fingerprint density at radius 2 is 0.400 bits per heavy atom. The third kappa shape index (κ3) is 44.6. The van der Waals surface area contributed by atoms with Crippen LogP contribution in [-0.2, 0) is 0 Å². The molecule has 0 aromatic rings. The van der Waals surface area contributed by atoms with Crippen LogP contribution in [0.1, 0.15) is 26.7 Å². The van der Waals surface area contributed by atoms with Crippen molar-refractivity contribution in [3.8, 4) is 0 Å². The van der Waals surface area contributed by atoms with Gasteiger partial charge in [-0.2, -0.15) is 0 Å². The van der Waals surface area contributed by atoms with Crippen molar-refractivity contribution in [1.82, 2.24) is 0 Å². The Morgan fingerprint density at radius 3 is 0.433 bits per heavy atom. The summed E-state index contributed by atoms with van der Waals surface area (Å²) in [5, 5.41) is 15.8. The summed E-state index contributed by atoms with van der Waals surface area (Å²) < 4.78 is 0. The first kappa shape index (κ1) is 40.1. The SMILES string of the molecule is CCCO.CCCO.[CH]1[CH][CH][CH][CH]1.[CH]1[CH][CH][CH][CH]1.[CH]1[CH][CH][CH][CH]1.[CH]1[CH][CH][CH][CH]1.[Yb].[Yb]. The number of hydrogen-bond donors (Lipinski definition) is 2. The quantitative estimate of drug-likeness (QED) is 0.427. The average molecular weight is 727 g/mol. The first-order valence-corrected chi connectivity index (χ1v) is 9.71. The van der Waals surface area contributed by atoms with Crippen LogP contribution in [0.25, 0.3) is 0 Å². The maximum atomic E-state index is 7.88. The Labute approximate surface area is 268 Å². The molecule has 4 aliphatic rings. The Kier molecular flexibility index (Phi) is 56.4. The number of aliphatic hydroxyl groups excluding tert-OH is 2. The van der Waals surface area contributed by atoms with Gasteiger partial charge in [0, 0.05) is 107 Å². The molecule has 0 unspecified atom stereocenters. The normalized spacial score (nSPS) is 18.0. The zero-order valence-corrected chi connectivity index (χ0v) is 21.2. The smallest absolute Gasteiger partial charge is 0.0428 e. The third-order valence-corrected chi connectivity index (χ3v) is 2.67. The maximum absolute atomic E-state index is 7.88. The van der Waals surface area contributed by atoms with Gasteiger partial charge in [0.05, 0.1) is 0 Å². The molecule has 4 heteroatoms. The van der Waals surface area contributed by atoms with Crippen LogP contribution in [0.4, 0.5) is 0 Å². The van der Waals surface area contributed by atoms with Crippen molar-refractivity contribution >= 4 is 0 Å². The fourth-order valence-electron chi connectivity index (χ4n) is 1.28. The molecule has 4 rings (SSSR count). The van der Waals surface area contributed by atoms with E-state index in [1.54, 1.807) is 0 Å². The van der Waals surface area contributed by atoms with Crippen LogP contribution in [0.2, 0.25) is 0 Å². The van der Waals surface area contributed by atoms with Gasteiger partial charge in [0.15, 0.2) is 0 Å². The van der Waals surface area contributed by atoms with Crippen LogP contribution in [-0.4, -0.2) is 23.4 Å². The second-order valence-electron chi connectivity index (χ2n) is 5.30. The largest absolute Gasteiger partial charge is 0.396 e. The van der Waals surface area contributed by atoms with Crippen LogP contribution >= 0.6 is 0 Å². The van der Waals surface area contributed by atoms with Gasteiger partial charge in [-0.1, -0.05) is 13.8 Å². The predicted octanol–water partition coefficient (Wildman–Crippen LogP) is 4.86. The molecule has 0 bridgehead atoms. The van der Waals surface area contributed by atoms with Crippen molar-refractivity contribution < 1.29 is 104 Å². The van der Waals surface area contributed by atoms with Crippen LogP contribution in [0.15, 0.2) is 0 Å². The summed E-state index contributed by atoms with van der Waals surface area (Å²) in [6.45, 7) is 4.50. The van der Waals surface area contributed by atoms with Crippen molar-refractivity contribution in [3.63, 3.8) is 0 Å². The molecule has 2 nitrogen and oxygen atoms in total. The summed E-state index contributed by atoms with van der Waals surface area (Å²) in [5.41, 5.74) is 0. The number of hydrogen-bond acceptors (Lipinski definition) is 2. The minimum absolute atomic E-state index is 0. The molecule has 0 aliphatic heterocycles. The molecule has 4 saturated carbocycles. The summed E-state index contributed by atoms with van der Waals surface area (Å²) in [6.07, 6.45) is 41.8. The molecule has 0 spiro atoms. The van der Waals surface area contributed by atoms with Crippen molar-refractivity contribution in [2.24, 2.45) is 0 Å². The van der Waals surface area contributed by atoms with E-state index in [1.165, 1.54) is 0 Å². The van der Waals surface area contributed by atoms with Crippen LogP contribution in [0.5, 0.6) is 0 Å². The molecule has 0 atom stereocenters. The molecule has 0 heterocycles. The minimum atomic E-state index is 0. The van der Waals surface area contributed by atoms with Crippen molar-refractivity contribution in [2.45, 2.75) is 26.7 Å². The molecule has 0 amide bonds. The van der Waals surface area contributed by atoms with E-state index >= 15 is 0 Å². The topological polar surface area (TPSA) is 40.5 Å². The molecule has 30 heavy (non-hydrogen) atoms. The van der Waals surface area contributed by atoms with Gasteiger partial charge in [0.1, 0.15) is 0 Å². The van der Waals surface area contributed by atoms with Gasteiger partial charge < -0.3 is 10.2 Å². The molecular formula is C26H36O2Yb2. The van der Waals surface area contributed by atoms with E-state index in [0.717, 1.165) is 12.8 Å². The van der Waals surface area contributed by atoms with Crippen LogP contribution < -0.4 is 0 Å². The number of rotatable bonds is 2. The Morgan fingerprint density at radius 1 is 0.333 bits per heavy atom. The van der Waals surface area contributed by atoms with Gasteiger partial charge in [-0.05, 0) is 141 Å². The van der Waals surface area contributed by atoms with Crippen molar-refractivity contribution in [2.75, 3.05) is 13.2 Å². The van der Waals surface area contributed by atoms with Gasteiger partial charge in [-0.15, -0.1) is 0 Å². The zero-order chi connectivity index (χ0) is 21.0. The summed E-state index contributed by atoms with van der Waals surface area (Å²) in [6, 6.07) is 0. The molecule has 0 aromatic heterocycles. The van der Waals surface area contributed by atoms with Gasteiger partial charge in [-0.3, -0.25) is 0 Å². The predicted molar refractivity (Wildman–Crippen MR) is 121 cm³/mol. The average Bonchev–Trinajstić information content (AvgIpc) is 3.58. The summed E-state index contributed by atoms with van der Waals surface area (Å²) in [7, 11) is 0. The second kappa shape index (κ2) is 42.1. The maximum Gasteiger partial charge on any atom is 0.0428 e. The molecule has 20 radical (unpaired) electrons. The Hall–Kier alpha value is 2.96. The molecule has 0 aromatic carbocycles. The van der Waals surface area contributed by atoms with Gasteiger partial charge in [-0.25, -0.2) is 0 Å². The summed E-state index contributed by atoms with van der Waals surface area (Å²) >= 11 is 0. The van der Waals surface area contributed by atoms with Gasteiger partial charge >= 0.3 is 0 Å². The fourth-order valence-corrected chi connectivity index (χ4v) is 1.28. The molecule has 4 aliphatic carbocycles. The van der Waals surface area contributed by atoms with Crippen molar-refractivity contribution in [3.05, 3.63) is 128 Å². The molecular weight excluding hydrogens is 690 g/mol. The van der Waals surface area contributed by atoms with E-state index in [2.05, 4.69) is 0 Å². The summed E-state index contributed by atoms with van der Waals surface area (Å²) in [5.74, 6) is 0. The van der Waals surface area contributed by atoms with Crippen molar-refractivity contribution in [1.29, 1.82) is 0 Å². The fraction of sp³-hybridized carbons (Fsp3) is 0.231. The van der Waals surface area contributed by atoms with E-state index in [4.69, 9.17) is 10.2 Å². The van der Waals surface area contributed by atoms with E-state index in [1.807, 2.05) is 142 Å².